The third-order valence-electron chi connectivity index (χ3n) is 7.24. The Labute approximate surface area is 252 Å². The largest absolute Gasteiger partial charge is 0.386 e. The highest BCUT2D eigenvalue weighted by Gasteiger charge is 2.53. The van der Waals surface area contributed by atoms with Gasteiger partial charge in [0, 0.05) is 0 Å². The maximum absolute atomic E-state index is 16.0. The van der Waals surface area contributed by atoms with Crippen molar-refractivity contribution in [2.45, 2.75) is 49.1 Å². The molecule has 7 rings (SSSR count). The molecule has 19 nitrogen and oxygen atoms in total. The topological polar surface area (TPSA) is 252 Å². The summed E-state index contributed by atoms with van der Waals surface area (Å²) in [7, 11) is 1.33. The summed E-state index contributed by atoms with van der Waals surface area (Å²) < 4.78 is 65.6. The molecule has 0 bridgehead atoms. The third-order valence-corrected chi connectivity index (χ3v) is 9.85. The number of rotatable bonds is 2. The lowest BCUT2D eigenvalue weighted by atomic mass is 10.1. The second kappa shape index (κ2) is 11.0. The van der Waals surface area contributed by atoms with Gasteiger partial charge in [0.2, 0.25) is 7.57 Å². The molecule has 10 atom stereocenters. The van der Waals surface area contributed by atoms with Crippen LogP contribution in [-0.4, -0.2) is 107 Å². The monoisotopic (exact) mass is 670 g/mol. The van der Waals surface area contributed by atoms with Gasteiger partial charge in [-0.1, -0.05) is 0 Å². The van der Waals surface area contributed by atoms with Crippen molar-refractivity contribution in [2.24, 2.45) is 0 Å². The maximum atomic E-state index is 16.0. The lowest BCUT2D eigenvalue weighted by Gasteiger charge is -2.30. The minimum atomic E-state index is -4.53. The summed E-state index contributed by atoms with van der Waals surface area (Å²) in [5.41, 5.74) is 12.5. The molecule has 0 aliphatic carbocycles. The van der Waals surface area contributed by atoms with E-state index in [0.717, 1.165) is 0 Å². The molecule has 24 heteroatoms. The molecular weight excluding hydrogens is 648 g/mol. The summed E-state index contributed by atoms with van der Waals surface area (Å²) in [6.07, 6.45) is -6.88. The van der Waals surface area contributed by atoms with Crippen LogP contribution in [0.4, 0.5) is 16.0 Å². The molecule has 2 radical (unpaired) electrons. The average molecular weight is 670 g/mol. The number of nitrogen functional groups attached to an aromatic ring is 2. The number of aliphatic hydroxyl groups excluding tert-OH is 1. The number of hydrogen-bond donors (Lipinski definition) is 4. The zero-order chi connectivity index (χ0) is 31.0. The normalized spacial score (nSPS) is 38.2. The molecule has 4 aromatic heterocycles. The van der Waals surface area contributed by atoms with Crippen LogP contribution in [0.15, 0.2) is 25.3 Å². The van der Waals surface area contributed by atoms with E-state index in [2.05, 4.69) is 29.9 Å². The molecule has 0 saturated carbocycles. The van der Waals surface area contributed by atoms with Crippen molar-refractivity contribution in [1.29, 1.82) is 0 Å². The van der Waals surface area contributed by atoms with E-state index < -0.39 is 76.6 Å². The van der Waals surface area contributed by atoms with E-state index in [-0.39, 0.29) is 34.0 Å². The SMILES string of the molecule is [B][P@]1(=O)OC[C@H]2O[C@@H](n3cnc4c(N)ncnc43)C(O)[C@H]2OP(O)(=S)OC[C@H]2O[C@@H](n3cnc4c(N)ncnc43)C(F)[C@H]2O1. The van der Waals surface area contributed by atoms with E-state index in [1.165, 1.54) is 34.4 Å². The van der Waals surface area contributed by atoms with Gasteiger partial charge in [-0.05, 0) is 11.8 Å². The second-order valence-corrected chi connectivity index (χ2v) is 14.3. The summed E-state index contributed by atoms with van der Waals surface area (Å²) in [6, 6.07) is 0. The van der Waals surface area contributed by atoms with Crippen molar-refractivity contribution >= 4 is 67.5 Å². The molecule has 3 saturated heterocycles. The zero-order valence-electron chi connectivity index (χ0n) is 22.1. The molecule has 0 spiro atoms. The van der Waals surface area contributed by atoms with Gasteiger partial charge in [0.1, 0.15) is 54.2 Å². The van der Waals surface area contributed by atoms with Gasteiger partial charge in [-0.25, -0.2) is 34.3 Å². The van der Waals surface area contributed by atoms with Gasteiger partial charge in [0.05, 0.1) is 25.9 Å². The molecule has 3 unspecified atom stereocenters. The number of hydrogen-bond acceptors (Lipinski definition) is 17. The number of nitrogens with zero attached hydrogens (tertiary/aromatic N) is 8. The summed E-state index contributed by atoms with van der Waals surface area (Å²) in [5, 5.41) is 11.2. The number of fused-ring (bicyclic) bond motifs is 4. The Morgan fingerprint density at radius 2 is 1.43 bits per heavy atom. The summed E-state index contributed by atoms with van der Waals surface area (Å²) in [4.78, 5) is 35.2. The van der Waals surface area contributed by atoms with Gasteiger partial charge >= 0.3 is 6.72 Å². The van der Waals surface area contributed by atoms with E-state index in [0.29, 0.717) is 0 Å². The lowest BCUT2D eigenvalue weighted by Crippen LogP contribution is -2.38. The van der Waals surface area contributed by atoms with E-state index >= 15 is 4.39 Å². The van der Waals surface area contributed by atoms with Gasteiger partial charge in [0.15, 0.2) is 41.6 Å². The fourth-order valence-corrected chi connectivity index (χ4v) is 7.69. The number of ether oxygens (including phenoxy) is 2. The molecule has 3 fully saturated rings. The first-order valence-electron chi connectivity index (χ1n) is 12.8. The molecule has 232 valence electrons. The predicted octanol–water partition coefficient (Wildman–Crippen LogP) is -0.365. The number of aliphatic hydroxyl groups is 1. The first-order valence-corrected chi connectivity index (χ1v) is 17.0. The van der Waals surface area contributed by atoms with Crippen molar-refractivity contribution in [2.75, 3.05) is 24.7 Å². The molecule has 44 heavy (non-hydrogen) atoms. The van der Waals surface area contributed by atoms with Crippen LogP contribution in [0.3, 0.4) is 0 Å². The smallest absolute Gasteiger partial charge is 0.325 e. The Hall–Kier alpha value is -2.75. The molecule has 4 aromatic rings. The Bertz CT molecular complexity index is 1710. The van der Waals surface area contributed by atoms with E-state index in [4.69, 9.17) is 58.4 Å². The van der Waals surface area contributed by atoms with Crippen LogP contribution in [0.25, 0.3) is 22.3 Å². The first-order chi connectivity index (χ1) is 20.9. The highest BCUT2D eigenvalue weighted by atomic mass is 32.5. The number of halogens is 1. The van der Waals surface area contributed by atoms with Crippen molar-refractivity contribution in [3.05, 3.63) is 25.3 Å². The quantitative estimate of drug-likeness (QED) is 0.157. The van der Waals surface area contributed by atoms with Gasteiger partial charge in [-0.15, -0.1) is 0 Å². The summed E-state index contributed by atoms with van der Waals surface area (Å²) in [6.45, 7) is -5.38. The number of alkyl halides is 1. The maximum Gasteiger partial charge on any atom is 0.325 e. The molecule has 0 aromatic carbocycles. The zero-order valence-corrected chi connectivity index (χ0v) is 24.7. The number of nitrogens with two attached hydrogens (primary N) is 2. The number of aromatic nitrogens is 8. The fraction of sp³-hybridized carbons (Fsp3) is 0.500. The van der Waals surface area contributed by atoms with Gasteiger partial charge < -0.3 is 44.5 Å². The van der Waals surface area contributed by atoms with Crippen molar-refractivity contribution in [3.63, 3.8) is 0 Å². The predicted molar refractivity (Wildman–Crippen MR) is 150 cm³/mol. The van der Waals surface area contributed by atoms with Crippen LogP contribution in [0.5, 0.6) is 0 Å². The highest BCUT2D eigenvalue weighted by molar-refractivity contribution is 8.07. The molecule has 7 heterocycles. The summed E-state index contributed by atoms with van der Waals surface area (Å²) >= 11 is 5.20. The van der Waals surface area contributed by atoms with Crippen LogP contribution < -0.4 is 11.5 Å². The van der Waals surface area contributed by atoms with Crippen LogP contribution in [-0.2, 0) is 43.9 Å². The molecule has 6 N–H and O–H groups in total. The molecule has 0 amide bonds. The van der Waals surface area contributed by atoms with E-state index in [1.54, 1.807) is 0 Å². The second-order valence-electron chi connectivity index (χ2n) is 9.97. The van der Waals surface area contributed by atoms with Gasteiger partial charge in [-0.3, -0.25) is 18.2 Å². The average Bonchev–Trinajstić information content (AvgIpc) is 3.73. The minimum Gasteiger partial charge on any atom is -0.386 e. The van der Waals surface area contributed by atoms with Crippen molar-refractivity contribution in [3.8, 4) is 0 Å². The van der Waals surface area contributed by atoms with Crippen LogP contribution in [0.2, 0.25) is 0 Å². The highest BCUT2D eigenvalue weighted by Crippen LogP contribution is 2.54. The third kappa shape index (κ3) is 5.19. The fourth-order valence-electron chi connectivity index (χ4n) is 5.23. The Morgan fingerprint density at radius 3 is 2.07 bits per heavy atom. The van der Waals surface area contributed by atoms with Gasteiger partial charge in [0.25, 0.3) is 7.47 Å². The molecular formula is C20H22BFN10O9P2S. The van der Waals surface area contributed by atoms with Crippen molar-refractivity contribution in [1.82, 2.24) is 39.0 Å². The standard InChI is InChI=1S/C20H22BFN10O9P2S/c21-42(34)36-1-8-14(12(33)20(39-8)32-6-30-11-16(24)26-4-28-18(11)32)41-43(35,44)37-2-7-13(40-42)9(22)19(38-7)31-5-29-10-15(23)25-3-27-17(10)31/h3-9,12-14,19-20,33H,1-2H2,(H,35,44)(H2,23,25,27)(H2,24,26,28)/t7-,8-,9?,12?,13+,14+,19-,20-,42+,43?/m1/s1. The van der Waals surface area contributed by atoms with E-state index in [1.807, 2.05) is 0 Å². The van der Waals surface area contributed by atoms with Crippen LogP contribution >= 0.6 is 14.2 Å². The number of anilines is 2. The minimum absolute atomic E-state index is 0.0574. The Balaban J connectivity index is 1.17. The Morgan fingerprint density at radius 1 is 0.886 bits per heavy atom. The van der Waals surface area contributed by atoms with Crippen LogP contribution in [0, 0.1) is 0 Å². The molecule has 3 aliphatic heterocycles. The lowest BCUT2D eigenvalue weighted by molar-refractivity contribution is -0.0572. The summed E-state index contributed by atoms with van der Waals surface area (Å²) in [5.74, 6) is 0.148. The first kappa shape index (κ1) is 29.9. The number of imidazole rings is 2. The van der Waals surface area contributed by atoms with Crippen molar-refractivity contribution < 1.29 is 46.5 Å². The van der Waals surface area contributed by atoms with E-state index in [9.17, 15) is 14.6 Å². The molecule has 3 aliphatic rings. The Kier molecular flexibility index (Phi) is 7.45. The van der Waals surface area contributed by atoms with Gasteiger partial charge in [-0.2, -0.15) is 0 Å². The van der Waals surface area contributed by atoms with Crippen LogP contribution in [0.1, 0.15) is 12.5 Å².